The number of hydrogen-bond acceptors (Lipinski definition) is 3. The third-order valence-corrected chi connectivity index (χ3v) is 3.14. The molecule has 0 aromatic heterocycles. The smallest absolute Gasteiger partial charge is 0.248 e. The molecule has 0 aromatic carbocycles. The lowest BCUT2D eigenvalue weighted by Gasteiger charge is -2.36. The lowest BCUT2D eigenvalue weighted by atomic mass is 9.82. The molecule has 4 heteroatoms. The molecule has 1 saturated carbocycles. The Morgan fingerprint density at radius 1 is 1.35 bits per heavy atom. The van der Waals surface area contributed by atoms with E-state index in [2.05, 4.69) is 24.5 Å². The zero-order valence-corrected chi connectivity index (χ0v) is 11.5. The van der Waals surface area contributed by atoms with Crippen molar-refractivity contribution in [1.29, 1.82) is 0 Å². The molecule has 1 fully saturated rings. The van der Waals surface area contributed by atoms with Gasteiger partial charge in [0.25, 0.3) is 0 Å². The van der Waals surface area contributed by atoms with Crippen LogP contribution in [0.5, 0.6) is 0 Å². The Balaban J connectivity index is 2.13. The maximum Gasteiger partial charge on any atom is 0.248 e. The van der Waals surface area contributed by atoms with Crippen LogP contribution in [0.15, 0.2) is 0 Å². The summed E-state index contributed by atoms with van der Waals surface area (Å²) in [4.78, 5) is 11.7. The zero-order chi connectivity index (χ0) is 12.8. The minimum atomic E-state index is -0.325. The largest absolute Gasteiger partial charge is 0.365 e. The molecular formula is C13H26N2O2. The number of amides is 1. The van der Waals surface area contributed by atoms with Gasteiger partial charge < -0.3 is 15.4 Å². The molecule has 1 unspecified atom stereocenters. The molecule has 4 nitrogen and oxygen atoms in total. The van der Waals surface area contributed by atoms with Gasteiger partial charge in [0, 0.05) is 6.54 Å². The van der Waals surface area contributed by atoms with E-state index < -0.39 is 0 Å². The molecule has 0 radical (unpaired) electrons. The van der Waals surface area contributed by atoms with Crippen molar-refractivity contribution >= 4 is 5.91 Å². The summed E-state index contributed by atoms with van der Waals surface area (Å²) in [6.45, 7) is 7.77. The summed E-state index contributed by atoms with van der Waals surface area (Å²) in [5.41, 5.74) is 0. The highest BCUT2D eigenvalue weighted by Crippen LogP contribution is 2.30. The highest BCUT2D eigenvalue weighted by Gasteiger charge is 2.31. The Labute approximate surface area is 104 Å². The molecule has 1 amide bonds. The standard InChI is InChI=1S/C13H26N2O2/c1-9(2)7-15-13(16)10(3)17-12-5-11(6-12)8-14-4/h9-12,14H,5-8H2,1-4H3,(H,15,16). The highest BCUT2D eigenvalue weighted by molar-refractivity contribution is 5.80. The molecule has 1 atom stereocenters. The van der Waals surface area contributed by atoms with Crippen LogP contribution in [0.3, 0.4) is 0 Å². The van der Waals surface area contributed by atoms with Gasteiger partial charge in [-0.05, 0) is 45.2 Å². The second-order valence-corrected chi connectivity index (χ2v) is 5.43. The van der Waals surface area contributed by atoms with Crippen LogP contribution >= 0.6 is 0 Å². The highest BCUT2D eigenvalue weighted by atomic mass is 16.5. The second kappa shape index (κ2) is 6.97. The molecule has 0 heterocycles. The second-order valence-electron chi connectivity index (χ2n) is 5.43. The van der Waals surface area contributed by atoms with Crippen LogP contribution in [0, 0.1) is 11.8 Å². The minimum Gasteiger partial charge on any atom is -0.365 e. The fourth-order valence-electron chi connectivity index (χ4n) is 2.04. The van der Waals surface area contributed by atoms with Gasteiger partial charge in [0.1, 0.15) is 6.10 Å². The molecule has 0 aliphatic heterocycles. The van der Waals surface area contributed by atoms with Crippen molar-refractivity contribution in [1.82, 2.24) is 10.6 Å². The number of hydrogen-bond donors (Lipinski definition) is 2. The number of carbonyl (C=O) groups excluding carboxylic acids is 1. The van der Waals surface area contributed by atoms with E-state index in [0.717, 1.165) is 31.8 Å². The molecule has 17 heavy (non-hydrogen) atoms. The van der Waals surface area contributed by atoms with Crippen molar-refractivity contribution in [3.8, 4) is 0 Å². The van der Waals surface area contributed by atoms with Gasteiger partial charge in [-0.3, -0.25) is 4.79 Å². The number of carbonyl (C=O) groups is 1. The molecule has 1 aliphatic rings. The molecule has 2 N–H and O–H groups in total. The van der Waals surface area contributed by atoms with Gasteiger partial charge in [0.15, 0.2) is 0 Å². The van der Waals surface area contributed by atoms with Crippen molar-refractivity contribution in [2.75, 3.05) is 20.1 Å². The monoisotopic (exact) mass is 242 g/mol. The summed E-state index contributed by atoms with van der Waals surface area (Å²) in [6.07, 6.45) is 2.09. The predicted octanol–water partition coefficient (Wildman–Crippen LogP) is 1.16. The molecule has 1 rings (SSSR count). The van der Waals surface area contributed by atoms with Crippen molar-refractivity contribution in [2.45, 2.75) is 45.8 Å². The van der Waals surface area contributed by atoms with Crippen LogP contribution in [0.2, 0.25) is 0 Å². The summed E-state index contributed by atoms with van der Waals surface area (Å²) in [6, 6.07) is 0. The number of ether oxygens (including phenoxy) is 1. The first-order valence-corrected chi connectivity index (χ1v) is 6.60. The predicted molar refractivity (Wildman–Crippen MR) is 68.8 cm³/mol. The molecular weight excluding hydrogens is 216 g/mol. The summed E-state index contributed by atoms with van der Waals surface area (Å²) in [7, 11) is 1.97. The SMILES string of the molecule is CNCC1CC(OC(C)C(=O)NCC(C)C)C1. The third-order valence-electron chi connectivity index (χ3n) is 3.14. The normalized spacial score (nSPS) is 25.5. The fourth-order valence-corrected chi connectivity index (χ4v) is 2.04. The maximum absolute atomic E-state index is 11.7. The van der Waals surface area contributed by atoms with E-state index in [1.165, 1.54) is 0 Å². The Morgan fingerprint density at radius 3 is 2.53 bits per heavy atom. The first-order valence-electron chi connectivity index (χ1n) is 6.60. The first-order chi connectivity index (χ1) is 8.02. The molecule has 100 valence electrons. The van der Waals surface area contributed by atoms with Crippen molar-refractivity contribution in [3.05, 3.63) is 0 Å². The van der Waals surface area contributed by atoms with Gasteiger partial charge in [-0.25, -0.2) is 0 Å². The molecule has 1 aliphatic carbocycles. The lowest BCUT2D eigenvalue weighted by molar-refractivity contribution is -0.141. The van der Waals surface area contributed by atoms with Crippen molar-refractivity contribution < 1.29 is 9.53 Å². The van der Waals surface area contributed by atoms with Gasteiger partial charge >= 0.3 is 0 Å². The molecule has 0 aromatic rings. The summed E-state index contributed by atoms with van der Waals surface area (Å²) < 4.78 is 5.72. The van der Waals surface area contributed by atoms with E-state index in [9.17, 15) is 4.79 Å². The van der Waals surface area contributed by atoms with Gasteiger partial charge in [-0.15, -0.1) is 0 Å². The molecule has 0 spiro atoms. The quantitative estimate of drug-likeness (QED) is 0.704. The van der Waals surface area contributed by atoms with E-state index in [1.54, 1.807) is 0 Å². The minimum absolute atomic E-state index is 0.00997. The summed E-state index contributed by atoms with van der Waals surface area (Å²) in [5.74, 6) is 1.21. The summed E-state index contributed by atoms with van der Waals surface area (Å²) in [5, 5.41) is 6.06. The maximum atomic E-state index is 11.7. The Bertz CT molecular complexity index is 238. The number of nitrogens with one attached hydrogen (secondary N) is 2. The van der Waals surface area contributed by atoms with Crippen LogP contribution in [0.1, 0.15) is 33.6 Å². The van der Waals surface area contributed by atoms with Crippen LogP contribution in [0.4, 0.5) is 0 Å². The van der Waals surface area contributed by atoms with Crippen LogP contribution in [-0.4, -0.2) is 38.3 Å². The van der Waals surface area contributed by atoms with Crippen molar-refractivity contribution in [3.63, 3.8) is 0 Å². The van der Waals surface area contributed by atoms with Gasteiger partial charge in [-0.2, -0.15) is 0 Å². The van der Waals surface area contributed by atoms with E-state index in [1.807, 2.05) is 14.0 Å². The zero-order valence-electron chi connectivity index (χ0n) is 11.5. The van der Waals surface area contributed by atoms with E-state index >= 15 is 0 Å². The Hall–Kier alpha value is -0.610. The van der Waals surface area contributed by atoms with Gasteiger partial charge in [0.05, 0.1) is 6.10 Å². The lowest BCUT2D eigenvalue weighted by Crippen LogP contribution is -2.43. The average molecular weight is 242 g/mol. The van der Waals surface area contributed by atoms with Crippen molar-refractivity contribution in [2.24, 2.45) is 11.8 Å². The van der Waals surface area contributed by atoms with E-state index in [0.29, 0.717) is 5.92 Å². The third kappa shape index (κ3) is 5.04. The Kier molecular flexibility index (Phi) is 5.92. The van der Waals surface area contributed by atoms with E-state index in [-0.39, 0.29) is 18.1 Å². The van der Waals surface area contributed by atoms with Crippen LogP contribution < -0.4 is 10.6 Å². The molecule has 0 bridgehead atoms. The topological polar surface area (TPSA) is 50.4 Å². The number of rotatable bonds is 7. The fraction of sp³-hybridized carbons (Fsp3) is 0.923. The molecule has 0 saturated heterocycles. The van der Waals surface area contributed by atoms with E-state index in [4.69, 9.17) is 4.74 Å². The van der Waals surface area contributed by atoms with Crippen LogP contribution in [0.25, 0.3) is 0 Å². The van der Waals surface area contributed by atoms with Gasteiger partial charge in [0.2, 0.25) is 5.91 Å². The Morgan fingerprint density at radius 2 is 2.00 bits per heavy atom. The van der Waals surface area contributed by atoms with Gasteiger partial charge in [-0.1, -0.05) is 13.8 Å². The summed E-state index contributed by atoms with van der Waals surface area (Å²) >= 11 is 0. The average Bonchev–Trinajstić information content (AvgIpc) is 2.22. The first kappa shape index (κ1) is 14.5. The van der Waals surface area contributed by atoms with Crippen LogP contribution in [-0.2, 0) is 9.53 Å².